The number of fused-ring (bicyclic) bond motifs is 1. The molecule has 1 aromatic rings. The number of hydrogen-bond donors (Lipinski definition) is 0. The molecular weight excluding hydrogens is 276 g/mol. The lowest BCUT2D eigenvalue weighted by atomic mass is 9.77. The van der Waals surface area contributed by atoms with Gasteiger partial charge in [-0.2, -0.15) is 0 Å². The lowest BCUT2D eigenvalue weighted by molar-refractivity contribution is -0.119. The molecule has 0 atom stereocenters. The van der Waals surface area contributed by atoms with E-state index in [-0.39, 0.29) is 16.2 Å². The highest BCUT2D eigenvalue weighted by Gasteiger charge is 2.36. The molecule has 0 aromatic heterocycles. The molecule has 0 N–H and O–H groups in total. The summed E-state index contributed by atoms with van der Waals surface area (Å²) in [5, 5.41) is 0. The van der Waals surface area contributed by atoms with E-state index >= 15 is 0 Å². The number of hydrogen-bond acceptors (Lipinski definition) is 3. The van der Waals surface area contributed by atoms with E-state index in [2.05, 4.69) is 0 Å². The number of sulfonamides is 1. The summed E-state index contributed by atoms with van der Waals surface area (Å²) in [5.74, 6) is 0.0470. The van der Waals surface area contributed by atoms with Crippen LogP contribution in [0.4, 0.5) is 5.69 Å². The minimum Gasteiger partial charge on any atom is -0.315 e. The van der Waals surface area contributed by atoms with Gasteiger partial charge in [0.25, 0.3) is 0 Å². The fourth-order valence-corrected chi connectivity index (χ4v) is 3.38. The van der Waals surface area contributed by atoms with E-state index in [9.17, 15) is 13.2 Å². The molecule has 20 heavy (non-hydrogen) atoms. The number of carbonyl (C=O) groups is 1. The zero-order valence-electron chi connectivity index (χ0n) is 12.5. The standard InChI is InChI=1S/C14H20N2O3S/c1-14(2)9-13(17)16(5)12-7-6-10(8-11(12)14)20(18,19)15(3)4/h6-8H,9H2,1-5H3. The van der Waals surface area contributed by atoms with Crippen LogP contribution in [0.3, 0.4) is 0 Å². The molecule has 0 bridgehead atoms. The lowest BCUT2D eigenvalue weighted by Crippen LogP contribution is -2.39. The average Bonchev–Trinajstić information content (AvgIpc) is 2.35. The molecule has 6 heteroatoms. The third-order valence-corrected chi connectivity index (χ3v) is 5.62. The Morgan fingerprint density at radius 1 is 1.25 bits per heavy atom. The van der Waals surface area contributed by atoms with E-state index in [1.54, 1.807) is 30.1 Å². The Hall–Kier alpha value is -1.40. The molecule has 0 unspecified atom stereocenters. The summed E-state index contributed by atoms with van der Waals surface area (Å²) in [6.45, 7) is 3.92. The van der Waals surface area contributed by atoms with Gasteiger partial charge in [-0.3, -0.25) is 4.79 Å². The van der Waals surface area contributed by atoms with E-state index in [4.69, 9.17) is 0 Å². The molecule has 1 amide bonds. The maximum atomic E-state index is 12.2. The van der Waals surface area contributed by atoms with Crippen LogP contribution in [0, 0.1) is 0 Å². The fraction of sp³-hybridized carbons (Fsp3) is 0.500. The van der Waals surface area contributed by atoms with E-state index in [0.717, 1.165) is 11.3 Å². The van der Waals surface area contributed by atoms with Crippen molar-refractivity contribution in [3.05, 3.63) is 23.8 Å². The summed E-state index contributed by atoms with van der Waals surface area (Å²) in [6, 6.07) is 4.96. The summed E-state index contributed by atoms with van der Waals surface area (Å²) >= 11 is 0. The van der Waals surface area contributed by atoms with Crippen LogP contribution in [-0.4, -0.2) is 39.8 Å². The second-order valence-electron chi connectivity index (χ2n) is 5.98. The van der Waals surface area contributed by atoms with Gasteiger partial charge in [-0.1, -0.05) is 13.8 Å². The van der Waals surface area contributed by atoms with Gasteiger partial charge in [-0.05, 0) is 23.8 Å². The second-order valence-corrected chi connectivity index (χ2v) is 8.13. The SMILES string of the molecule is CN1C(=O)CC(C)(C)c2cc(S(=O)(=O)N(C)C)ccc21. The molecule has 0 aliphatic carbocycles. The van der Waals surface area contributed by atoms with Crippen molar-refractivity contribution in [3.63, 3.8) is 0 Å². The van der Waals surface area contributed by atoms with Gasteiger partial charge in [0.15, 0.2) is 0 Å². The molecule has 1 aliphatic rings. The first-order chi connectivity index (χ1) is 9.07. The first-order valence-corrected chi connectivity index (χ1v) is 7.85. The molecule has 1 aromatic carbocycles. The van der Waals surface area contributed by atoms with Crippen molar-refractivity contribution in [3.8, 4) is 0 Å². The third-order valence-electron chi connectivity index (χ3n) is 3.80. The molecule has 0 saturated heterocycles. The molecular formula is C14H20N2O3S. The summed E-state index contributed by atoms with van der Waals surface area (Å²) < 4.78 is 25.6. The fourth-order valence-electron chi connectivity index (χ4n) is 2.45. The highest BCUT2D eigenvalue weighted by molar-refractivity contribution is 7.89. The van der Waals surface area contributed by atoms with Crippen LogP contribution >= 0.6 is 0 Å². The van der Waals surface area contributed by atoms with Crippen molar-refractivity contribution in [2.75, 3.05) is 26.0 Å². The predicted molar refractivity (Wildman–Crippen MR) is 78.4 cm³/mol. The van der Waals surface area contributed by atoms with E-state index < -0.39 is 10.0 Å². The zero-order chi connectivity index (χ0) is 15.3. The van der Waals surface area contributed by atoms with E-state index in [1.165, 1.54) is 18.4 Å². The quantitative estimate of drug-likeness (QED) is 0.832. The van der Waals surface area contributed by atoms with Gasteiger partial charge >= 0.3 is 0 Å². The Morgan fingerprint density at radius 3 is 2.40 bits per heavy atom. The van der Waals surface area contributed by atoms with Crippen LogP contribution in [0.1, 0.15) is 25.8 Å². The van der Waals surface area contributed by atoms with Crippen molar-refractivity contribution >= 4 is 21.6 Å². The molecule has 0 spiro atoms. The lowest BCUT2D eigenvalue weighted by Gasteiger charge is -2.37. The van der Waals surface area contributed by atoms with Crippen molar-refractivity contribution in [2.24, 2.45) is 0 Å². The minimum absolute atomic E-state index is 0.0470. The number of carbonyl (C=O) groups excluding carboxylic acids is 1. The number of nitrogens with zero attached hydrogens (tertiary/aromatic N) is 2. The molecule has 2 rings (SSSR count). The maximum absolute atomic E-state index is 12.2. The minimum atomic E-state index is -3.46. The number of rotatable bonds is 2. The van der Waals surface area contributed by atoms with Gasteiger partial charge < -0.3 is 4.90 Å². The van der Waals surface area contributed by atoms with Gasteiger partial charge in [0.2, 0.25) is 15.9 Å². The monoisotopic (exact) mass is 296 g/mol. The van der Waals surface area contributed by atoms with Gasteiger partial charge in [-0.25, -0.2) is 12.7 Å². The summed E-state index contributed by atoms with van der Waals surface area (Å²) in [4.78, 5) is 13.8. The van der Waals surface area contributed by atoms with Crippen LogP contribution in [0.25, 0.3) is 0 Å². The van der Waals surface area contributed by atoms with Crippen molar-refractivity contribution in [1.29, 1.82) is 0 Å². The normalized spacial score (nSPS) is 18.3. The van der Waals surface area contributed by atoms with Crippen LogP contribution in [0.5, 0.6) is 0 Å². The van der Waals surface area contributed by atoms with Gasteiger partial charge in [-0.15, -0.1) is 0 Å². The molecule has 0 radical (unpaired) electrons. The first kappa shape index (κ1) is 15.0. The molecule has 0 fully saturated rings. The van der Waals surface area contributed by atoms with E-state index in [0.29, 0.717) is 6.42 Å². The Balaban J connectivity index is 2.65. The van der Waals surface area contributed by atoms with Crippen LogP contribution < -0.4 is 4.90 Å². The zero-order valence-corrected chi connectivity index (χ0v) is 13.3. The Morgan fingerprint density at radius 2 is 1.85 bits per heavy atom. The summed E-state index contributed by atoms with van der Waals surface area (Å²) in [7, 11) is 1.28. The first-order valence-electron chi connectivity index (χ1n) is 6.41. The Bertz CT molecular complexity index is 663. The highest BCUT2D eigenvalue weighted by Crippen LogP contribution is 2.40. The van der Waals surface area contributed by atoms with Crippen molar-refractivity contribution in [2.45, 2.75) is 30.6 Å². The topological polar surface area (TPSA) is 57.7 Å². The van der Waals surface area contributed by atoms with E-state index in [1.807, 2.05) is 13.8 Å². The van der Waals surface area contributed by atoms with Crippen molar-refractivity contribution in [1.82, 2.24) is 4.31 Å². The Labute approximate surface area is 120 Å². The predicted octanol–water partition coefficient (Wildman–Crippen LogP) is 1.58. The summed E-state index contributed by atoms with van der Waals surface area (Å²) in [6.07, 6.45) is 0.377. The molecule has 1 aliphatic heterocycles. The maximum Gasteiger partial charge on any atom is 0.242 e. The van der Waals surface area contributed by atoms with Crippen LogP contribution in [0.15, 0.2) is 23.1 Å². The van der Waals surface area contributed by atoms with Gasteiger partial charge in [0.05, 0.1) is 4.90 Å². The number of benzene rings is 1. The molecule has 1 heterocycles. The summed E-state index contributed by atoms with van der Waals surface area (Å²) in [5.41, 5.74) is 1.31. The molecule has 5 nitrogen and oxygen atoms in total. The number of anilines is 1. The van der Waals surface area contributed by atoms with Crippen LogP contribution in [-0.2, 0) is 20.2 Å². The van der Waals surface area contributed by atoms with Gasteiger partial charge in [0.1, 0.15) is 0 Å². The van der Waals surface area contributed by atoms with Gasteiger partial charge in [0, 0.05) is 38.7 Å². The average molecular weight is 296 g/mol. The largest absolute Gasteiger partial charge is 0.315 e. The number of amides is 1. The smallest absolute Gasteiger partial charge is 0.242 e. The highest BCUT2D eigenvalue weighted by atomic mass is 32.2. The van der Waals surface area contributed by atoms with Crippen molar-refractivity contribution < 1.29 is 13.2 Å². The third kappa shape index (κ3) is 2.23. The second kappa shape index (κ2) is 4.56. The van der Waals surface area contributed by atoms with Crippen LogP contribution in [0.2, 0.25) is 0 Å². The Kier molecular flexibility index (Phi) is 3.42. The molecule has 0 saturated carbocycles. The molecule has 110 valence electrons.